The monoisotopic (exact) mass is 151 g/mol. The van der Waals surface area contributed by atoms with Crippen molar-refractivity contribution in [1.29, 1.82) is 0 Å². The number of amides is 1. The molecule has 1 heterocycles. The first kappa shape index (κ1) is 6.89. The van der Waals surface area contributed by atoms with Gasteiger partial charge in [-0.25, -0.2) is 0 Å². The minimum absolute atomic E-state index is 0.269. The third-order valence-electron chi connectivity index (χ3n) is 2.61. The largest absolute Gasteiger partial charge is 0.352 e. The molecule has 60 valence electrons. The molecule has 0 radical (unpaired) electrons. The van der Waals surface area contributed by atoms with Crippen molar-refractivity contribution in [2.24, 2.45) is 5.92 Å². The smallest absolute Gasteiger partial charge is 0.225 e. The second kappa shape index (κ2) is 2.68. The van der Waals surface area contributed by atoms with E-state index in [1.54, 1.807) is 0 Å². The minimum atomic E-state index is 0.269. The van der Waals surface area contributed by atoms with Crippen LogP contribution in [0.4, 0.5) is 0 Å². The fourth-order valence-corrected chi connectivity index (χ4v) is 1.87. The van der Waals surface area contributed by atoms with Crippen molar-refractivity contribution in [3.05, 3.63) is 12.2 Å². The Kier molecular flexibility index (Phi) is 1.68. The third-order valence-corrected chi connectivity index (χ3v) is 2.61. The van der Waals surface area contributed by atoms with Crippen molar-refractivity contribution in [1.82, 2.24) is 5.32 Å². The van der Waals surface area contributed by atoms with Gasteiger partial charge in [-0.05, 0) is 25.7 Å². The van der Waals surface area contributed by atoms with Crippen LogP contribution >= 0.6 is 0 Å². The number of hydrogen-bond donors (Lipinski definition) is 1. The fraction of sp³-hybridized carbons (Fsp3) is 0.667. The minimum Gasteiger partial charge on any atom is -0.352 e. The van der Waals surface area contributed by atoms with E-state index in [4.69, 9.17) is 0 Å². The first-order valence-corrected chi connectivity index (χ1v) is 4.33. The highest BCUT2D eigenvalue weighted by molar-refractivity contribution is 5.85. The summed E-state index contributed by atoms with van der Waals surface area (Å²) < 4.78 is 0. The molecule has 0 saturated carbocycles. The number of carbonyl (C=O) groups excluding carboxylic acids is 1. The van der Waals surface area contributed by atoms with Gasteiger partial charge in [-0.3, -0.25) is 4.79 Å². The van der Waals surface area contributed by atoms with Gasteiger partial charge in [0.15, 0.2) is 0 Å². The molecule has 1 amide bonds. The average molecular weight is 151 g/mol. The number of hydrogen-bond acceptors (Lipinski definition) is 1. The Morgan fingerprint density at radius 2 is 2.00 bits per heavy atom. The zero-order valence-electron chi connectivity index (χ0n) is 6.55. The van der Waals surface area contributed by atoms with Gasteiger partial charge < -0.3 is 5.32 Å². The Morgan fingerprint density at radius 3 is 2.73 bits per heavy atom. The van der Waals surface area contributed by atoms with E-state index in [1.165, 1.54) is 0 Å². The van der Waals surface area contributed by atoms with Crippen molar-refractivity contribution in [3.63, 3.8) is 0 Å². The van der Waals surface area contributed by atoms with Gasteiger partial charge in [0, 0.05) is 6.04 Å². The zero-order chi connectivity index (χ0) is 7.68. The average Bonchev–Trinajstić information content (AvgIpc) is 1.96. The molecule has 1 fully saturated rings. The maximum absolute atomic E-state index is 11.0. The van der Waals surface area contributed by atoms with Crippen LogP contribution in [0.15, 0.2) is 12.2 Å². The van der Waals surface area contributed by atoms with Crippen molar-refractivity contribution in [3.8, 4) is 0 Å². The van der Waals surface area contributed by atoms with E-state index in [1.807, 2.05) is 0 Å². The highest BCUT2D eigenvalue weighted by Gasteiger charge is 2.37. The molecule has 2 heteroatoms. The van der Waals surface area contributed by atoms with E-state index in [9.17, 15) is 4.79 Å². The molecule has 0 aromatic carbocycles. The standard InChI is InChI=1S/C9H13NO/c11-9-7-5-3-1-2-4-6-8(7)10-9/h1-2,7-8H,3-6H2,(H,10,11)/b2-1+. The summed E-state index contributed by atoms with van der Waals surface area (Å²) in [4.78, 5) is 11.0. The molecule has 0 aromatic rings. The topological polar surface area (TPSA) is 29.1 Å². The second-order valence-corrected chi connectivity index (χ2v) is 3.35. The maximum Gasteiger partial charge on any atom is 0.225 e. The first-order chi connectivity index (χ1) is 5.38. The van der Waals surface area contributed by atoms with Crippen LogP contribution in [-0.2, 0) is 4.79 Å². The van der Waals surface area contributed by atoms with E-state index in [-0.39, 0.29) is 5.91 Å². The van der Waals surface area contributed by atoms with Gasteiger partial charge in [0.2, 0.25) is 5.91 Å². The Labute approximate surface area is 66.7 Å². The molecular weight excluding hydrogens is 138 g/mol. The van der Waals surface area contributed by atoms with Crippen LogP contribution in [0.1, 0.15) is 25.7 Å². The lowest BCUT2D eigenvalue weighted by atomic mass is 9.82. The molecule has 0 spiro atoms. The summed E-state index contributed by atoms with van der Waals surface area (Å²) in [5.41, 5.74) is 0. The molecule has 1 N–H and O–H groups in total. The van der Waals surface area contributed by atoms with Crippen molar-refractivity contribution in [2.75, 3.05) is 0 Å². The van der Waals surface area contributed by atoms with Gasteiger partial charge in [-0.1, -0.05) is 12.2 Å². The molecule has 2 atom stereocenters. The van der Waals surface area contributed by atoms with E-state index in [0.29, 0.717) is 12.0 Å². The van der Waals surface area contributed by atoms with Crippen molar-refractivity contribution < 1.29 is 4.79 Å². The van der Waals surface area contributed by atoms with Crippen LogP contribution in [-0.4, -0.2) is 11.9 Å². The number of fused-ring (bicyclic) bond motifs is 1. The predicted molar refractivity (Wildman–Crippen MR) is 43.0 cm³/mol. The Morgan fingerprint density at radius 1 is 1.27 bits per heavy atom. The summed E-state index contributed by atoms with van der Waals surface area (Å²) in [5.74, 6) is 0.602. The molecule has 0 aromatic heterocycles. The second-order valence-electron chi connectivity index (χ2n) is 3.35. The highest BCUT2D eigenvalue weighted by atomic mass is 16.2. The lowest BCUT2D eigenvalue weighted by Gasteiger charge is -2.37. The van der Waals surface area contributed by atoms with Crippen molar-refractivity contribution >= 4 is 5.91 Å². The molecule has 2 nitrogen and oxygen atoms in total. The van der Waals surface area contributed by atoms with Crippen LogP contribution in [0, 0.1) is 5.92 Å². The van der Waals surface area contributed by atoms with Crippen LogP contribution < -0.4 is 5.32 Å². The van der Waals surface area contributed by atoms with Gasteiger partial charge >= 0.3 is 0 Å². The molecule has 0 bridgehead atoms. The van der Waals surface area contributed by atoms with E-state index < -0.39 is 0 Å². The first-order valence-electron chi connectivity index (χ1n) is 4.33. The van der Waals surface area contributed by atoms with E-state index >= 15 is 0 Å². The Bertz CT molecular complexity index is 198. The van der Waals surface area contributed by atoms with Gasteiger partial charge in [0.1, 0.15) is 0 Å². The predicted octanol–water partition coefficient (Wildman–Crippen LogP) is 1.23. The van der Waals surface area contributed by atoms with Crippen LogP contribution in [0.5, 0.6) is 0 Å². The quantitative estimate of drug-likeness (QED) is 0.409. The molecule has 2 rings (SSSR count). The van der Waals surface area contributed by atoms with Crippen molar-refractivity contribution in [2.45, 2.75) is 31.7 Å². The lowest BCUT2D eigenvalue weighted by molar-refractivity contribution is -0.135. The van der Waals surface area contributed by atoms with E-state index in [2.05, 4.69) is 17.5 Å². The Balaban J connectivity index is 2.00. The van der Waals surface area contributed by atoms with Gasteiger partial charge in [-0.2, -0.15) is 0 Å². The molecule has 1 saturated heterocycles. The van der Waals surface area contributed by atoms with E-state index in [0.717, 1.165) is 25.7 Å². The summed E-state index contributed by atoms with van der Waals surface area (Å²) in [6.07, 6.45) is 8.80. The molecule has 11 heavy (non-hydrogen) atoms. The van der Waals surface area contributed by atoms with Gasteiger partial charge in [0.05, 0.1) is 5.92 Å². The normalized spacial score (nSPS) is 39.1. The molecule has 2 aliphatic rings. The van der Waals surface area contributed by atoms with Gasteiger partial charge in [-0.15, -0.1) is 0 Å². The fourth-order valence-electron chi connectivity index (χ4n) is 1.87. The SMILES string of the molecule is O=C1NC2CC/C=C/CCC12. The molecule has 1 aliphatic carbocycles. The number of allylic oxidation sites excluding steroid dienone is 2. The Hall–Kier alpha value is -0.790. The van der Waals surface area contributed by atoms with Crippen LogP contribution in [0.25, 0.3) is 0 Å². The molecule has 1 aliphatic heterocycles. The summed E-state index contributed by atoms with van der Waals surface area (Å²) in [5, 5.41) is 2.94. The summed E-state index contributed by atoms with van der Waals surface area (Å²) in [6.45, 7) is 0. The molecular formula is C9H13NO. The van der Waals surface area contributed by atoms with Crippen LogP contribution in [0.3, 0.4) is 0 Å². The highest BCUT2D eigenvalue weighted by Crippen LogP contribution is 2.26. The number of carbonyl (C=O) groups is 1. The summed E-state index contributed by atoms with van der Waals surface area (Å²) in [7, 11) is 0. The summed E-state index contributed by atoms with van der Waals surface area (Å²) >= 11 is 0. The summed E-state index contributed by atoms with van der Waals surface area (Å²) in [6, 6.07) is 0.493. The number of rotatable bonds is 0. The van der Waals surface area contributed by atoms with Gasteiger partial charge in [0.25, 0.3) is 0 Å². The van der Waals surface area contributed by atoms with Crippen LogP contribution in [0.2, 0.25) is 0 Å². The lowest BCUT2D eigenvalue weighted by Crippen LogP contribution is -2.57. The number of nitrogens with one attached hydrogen (secondary N) is 1. The number of β-lactam (4-membered cyclic amide) rings is 1. The zero-order valence-corrected chi connectivity index (χ0v) is 6.55. The third kappa shape index (κ3) is 1.17. The molecule has 2 unspecified atom stereocenters. The maximum atomic E-state index is 11.0.